The lowest BCUT2D eigenvalue weighted by Crippen LogP contribution is -2.46. The van der Waals surface area contributed by atoms with E-state index in [1.54, 1.807) is 0 Å². The van der Waals surface area contributed by atoms with E-state index >= 15 is 0 Å². The summed E-state index contributed by atoms with van der Waals surface area (Å²) in [5, 5.41) is 2.71. The second-order valence-corrected chi connectivity index (χ2v) is 21.2. The van der Waals surface area contributed by atoms with Crippen molar-refractivity contribution in [2.24, 2.45) is 0 Å². The summed E-state index contributed by atoms with van der Waals surface area (Å²) >= 11 is 0. The Labute approximate surface area is 185 Å². The van der Waals surface area contributed by atoms with Crippen molar-refractivity contribution >= 4 is 33.5 Å². The number of rotatable bonds is 4. The van der Waals surface area contributed by atoms with E-state index < -0.39 is 16.6 Å². The molecular formula is C26H40O2Si2. The molecule has 1 aliphatic rings. The van der Waals surface area contributed by atoms with Crippen LogP contribution in [-0.2, 0) is 6.42 Å². The van der Waals surface area contributed by atoms with E-state index in [9.17, 15) is 0 Å². The van der Waals surface area contributed by atoms with Gasteiger partial charge in [0.2, 0.25) is 0 Å². The normalized spacial score (nSPS) is 15.3. The monoisotopic (exact) mass is 440 g/mol. The molecule has 0 N–H and O–H groups in total. The van der Waals surface area contributed by atoms with Gasteiger partial charge >= 0.3 is 0 Å². The van der Waals surface area contributed by atoms with Crippen molar-refractivity contribution in [2.45, 2.75) is 90.6 Å². The maximum Gasteiger partial charge on any atom is 0.250 e. The summed E-state index contributed by atoms with van der Waals surface area (Å²) in [7, 11) is -4.08. The van der Waals surface area contributed by atoms with Crippen molar-refractivity contribution in [1.29, 1.82) is 0 Å². The van der Waals surface area contributed by atoms with Gasteiger partial charge in [0.25, 0.3) is 16.6 Å². The third-order valence-electron chi connectivity index (χ3n) is 7.44. The minimum absolute atomic E-state index is 0.123. The molecule has 0 saturated heterocycles. The van der Waals surface area contributed by atoms with Crippen LogP contribution in [0.3, 0.4) is 0 Å². The van der Waals surface area contributed by atoms with Gasteiger partial charge in [-0.1, -0.05) is 78.0 Å². The Kier molecular flexibility index (Phi) is 5.83. The summed E-state index contributed by atoms with van der Waals surface area (Å²) in [5.41, 5.74) is 2.64. The van der Waals surface area contributed by atoms with Crippen LogP contribution in [0.1, 0.15) is 59.1 Å². The molecule has 3 rings (SSSR count). The van der Waals surface area contributed by atoms with Crippen LogP contribution in [-0.4, -0.2) is 16.6 Å². The predicted octanol–water partition coefficient (Wildman–Crippen LogP) is 8.57. The summed E-state index contributed by atoms with van der Waals surface area (Å²) in [6.07, 6.45) is 6.64. The average molecular weight is 441 g/mol. The highest BCUT2D eigenvalue weighted by molar-refractivity contribution is 6.75. The summed E-state index contributed by atoms with van der Waals surface area (Å²) in [6, 6.07) is 8.70. The molecule has 2 aromatic carbocycles. The van der Waals surface area contributed by atoms with Crippen LogP contribution < -0.4 is 8.85 Å². The predicted molar refractivity (Wildman–Crippen MR) is 137 cm³/mol. The summed E-state index contributed by atoms with van der Waals surface area (Å²) in [4.78, 5) is 0. The van der Waals surface area contributed by atoms with E-state index in [2.05, 4.69) is 104 Å². The lowest BCUT2D eigenvalue weighted by Gasteiger charge is -2.41. The Morgan fingerprint density at radius 3 is 1.77 bits per heavy atom. The van der Waals surface area contributed by atoms with Gasteiger partial charge in [0, 0.05) is 10.9 Å². The fraction of sp³-hybridized carbons (Fsp3) is 0.538. The van der Waals surface area contributed by atoms with Crippen LogP contribution in [0.25, 0.3) is 16.8 Å². The number of fused-ring (bicyclic) bond motifs is 3. The van der Waals surface area contributed by atoms with Gasteiger partial charge in [-0.25, -0.2) is 0 Å². The highest BCUT2D eigenvalue weighted by atomic mass is 28.4. The van der Waals surface area contributed by atoms with E-state index in [0.717, 1.165) is 24.3 Å². The molecule has 0 atom stereocenters. The van der Waals surface area contributed by atoms with E-state index in [0.29, 0.717) is 0 Å². The van der Waals surface area contributed by atoms with Crippen LogP contribution >= 0.6 is 0 Å². The van der Waals surface area contributed by atoms with Crippen molar-refractivity contribution in [3.63, 3.8) is 0 Å². The molecule has 0 radical (unpaired) electrons. The standard InChI is InChI=1S/C26H40O2Si2/c1-25(2,3)29(7,8)27-23-21-17-13-11-15-19(21)20-16-12-14-18-22(20)24(23)28-30(9,10)26(4,5)6/h11-13,15-17H,14,18H2,1-10H3. The molecule has 2 aromatic rings. The van der Waals surface area contributed by atoms with Crippen molar-refractivity contribution in [3.8, 4) is 11.5 Å². The molecule has 0 fully saturated rings. The zero-order valence-corrected chi connectivity index (χ0v) is 22.7. The molecule has 2 nitrogen and oxygen atoms in total. The fourth-order valence-electron chi connectivity index (χ4n) is 3.35. The zero-order valence-electron chi connectivity index (χ0n) is 20.7. The van der Waals surface area contributed by atoms with Crippen LogP contribution in [0.4, 0.5) is 0 Å². The average Bonchev–Trinajstić information content (AvgIpc) is 2.62. The molecule has 0 aliphatic heterocycles. The van der Waals surface area contributed by atoms with Gasteiger partial charge in [-0.05, 0) is 60.1 Å². The molecule has 0 amide bonds. The molecule has 4 heteroatoms. The first-order valence-electron chi connectivity index (χ1n) is 11.3. The minimum atomic E-state index is -2.04. The van der Waals surface area contributed by atoms with Crippen molar-refractivity contribution < 1.29 is 8.85 Å². The quantitative estimate of drug-likeness (QED) is 0.443. The van der Waals surface area contributed by atoms with Gasteiger partial charge in [0.15, 0.2) is 5.75 Å². The van der Waals surface area contributed by atoms with Gasteiger partial charge in [0.1, 0.15) is 5.75 Å². The highest BCUT2D eigenvalue weighted by Crippen LogP contribution is 2.50. The maximum absolute atomic E-state index is 7.06. The Morgan fingerprint density at radius 1 is 0.733 bits per heavy atom. The third kappa shape index (κ3) is 4.13. The number of hydrogen-bond acceptors (Lipinski definition) is 2. The van der Waals surface area contributed by atoms with Crippen molar-refractivity contribution in [2.75, 3.05) is 0 Å². The van der Waals surface area contributed by atoms with Crippen LogP contribution in [0.2, 0.25) is 36.3 Å². The Bertz CT molecular complexity index is 973. The largest absolute Gasteiger partial charge is 0.541 e. The van der Waals surface area contributed by atoms with Crippen LogP contribution in [0, 0.1) is 0 Å². The van der Waals surface area contributed by atoms with E-state index in [-0.39, 0.29) is 10.1 Å². The molecule has 0 aromatic heterocycles. The fourth-order valence-corrected chi connectivity index (χ4v) is 5.40. The number of benzene rings is 2. The first kappa shape index (κ1) is 23.1. The molecule has 30 heavy (non-hydrogen) atoms. The SMILES string of the molecule is CC(C)(C)[Si](C)(C)Oc1c2c(c3ccccc3c1O[Si](C)(C)C(C)(C)C)C=CCC2. The van der Waals surface area contributed by atoms with Gasteiger partial charge < -0.3 is 8.85 Å². The third-order valence-corrected chi connectivity index (χ3v) is 16.1. The topological polar surface area (TPSA) is 18.5 Å². The summed E-state index contributed by atoms with van der Waals surface area (Å²) in [6.45, 7) is 23.2. The van der Waals surface area contributed by atoms with Gasteiger partial charge in [-0.2, -0.15) is 0 Å². The van der Waals surface area contributed by atoms with Crippen molar-refractivity contribution in [1.82, 2.24) is 0 Å². The van der Waals surface area contributed by atoms with E-state index in [4.69, 9.17) is 8.85 Å². The van der Waals surface area contributed by atoms with Crippen molar-refractivity contribution in [3.05, 3.63) is 41.5 Å². The Balaban J connectivity index is 2.33. The second kappa shape index (κ2) is 7.56. The maximum atomic E-state index is 7.06. The molecular weight excluding hydrogens is 400 g/mol. The minimum Gasteiger partial charge on any atom is -0.541 e. The first-order chi connectivity index (χ1) is 13.7. The van der Waals surface area contributed by atoms with Crippen LogP contribution in [0.15, 0.2) is 30.3 Å². The van der Waals surface area contributed by atoms with Crippen LogP contribution in [0.5, 0.6) is 11.5 Å². The molecule has 0 spiro atoms. The number of hydrogen-bond donors (Lipinski definition) is 0. The molecule has 1 aliphatic carbocycles. The lowest BCUT2D eigenvalue weighted by atomic mass is 9.91. The summed E-state index contributed by atoms with van der Waals surface area (Å²) < 4.78 is 14.1. The molecule has 164 valence electrons. The highest BCUT2D eigenvalue weighted by Gasteiger charge is 2.43. The second-order valence-electron chi connectivity index (χ2n) is 11.8. The molecule has 0 saturated carbocycles. The molecule has 0 bridgehead atoms. The Morgan fingerprint density at radius 2 is 1.23 bits per heavy atom. The first-order valence-corrected chi connectivity index (χ1v) is 17.1. The smallest absolute Gasteiger partial charge is 0.250 e. The molecule has 0 unspecified atom stereocenters. The zero-order chi connectivity index (χ0) is 22.5. The summed E-state index contributed by atoms with van der Waals surface area (Å²) in [5.74, 6) is 2.00. The number of allylic oxidation sites excluding steroid dienone is 1. The lowest BCUT2D eigenvalue weighted by molar-refractivity contribution is 0.440. The van der Waals surface area contributed by atoms with Gasteiger partial charge in [-0.3, -0.25) is 0 Å². The van der Waals surface area contributed by atoms with E-state index in [1.807, 2.05) is 0 Å². The van der Waals surface area contributed by atoms with Gasteiger partial charge in [-0.15, -0.1) is 0 Å². The molecule has 0 heterocycles. The van der Waals surface area contributed by atoms with E-state index in [1.165, 1.54) is 21.9 Å². The Hall–Kier alpha value is -1.53. The van der Waals surface area contributed by atoms with Gasteiger partial charge in [0.05, 0.1) is 0 Å².